The van der Waals surface area contributed by atoms with E-state index in [1.807, 2.05) is 50.0 Å². The Morgan fingerprint density at radius 1 is 1.52 bits per heavy atom. The summed E-state index contributed by atoms with van der Waals surface area (Å²) in [6.07, 6.45) is 11.6. The molecule has 1 aromatic rings. The van der Waals surface area contributed by atoms with Gasteiger partial charge in [-0.25, -0.2) is 9.48 Å². The van der Waals surface area contributed by atoms with Gasteiger partial charge in [-0.05, 0) is 46.5 Å². The van der Waals surface area contributed by atoms with E-state index in [1.165, 1.54) is 6.42 Å². The topological polar surface area (TPSA) is 65.4 Å². The van der Waals surface area contributed by atoms with Crippen LogP contribution in [0.5, 0.6) is 0 Å². The highest BCUT2D eigenvalue weighted by Crippen LogP contribution is 2.22. The standard InChI is InChI=1S/C17H27N3O3/c1-17(2,3)23-16(21)18-10-6-4-8-14-12-19-20(13-14)15-9-5-7-11-22-15/h4,8,12-13,15H,5-7,9-11H2,1-3H3,(H,18,21)/t15-/m0/s1. The Balaban J connectivity index is 1.69. The highest BCUT2D eigenvalue weighted by atomic mass is 16.6. The number of carbonyl (C=O) groups is 1. The number of aromatic nitrogens is 2. The van der Waals surface area contributed by atoms with Gasteiger partial charge >= 0.3 is 6.09 Å². The van der Waals surface area contributed by atoms with Crippen LogP contribution in [-0.4, -0.2) is 34.6 Å². The van der Waals surface area contributed by atoms with Crippen molar-refractivity contribution in [1.82, 2.24) is 15.1 Å². The lowest BCUT2D eigenvalue weighted by atomic mass is 10.2. The van der Waals surface area contributed by atoms with Crippen LogP contribution < -0.4 is 5.32 Å². The van der Waals surface area contributed by atoms with Gasteiger partial charge in [0.2, 0.25) is 0 Å². The second-order valence-electron chi connectivity index (χ2n) is 6.69. The van der Waals surface area contributed by atoms with E-state index in [1.54, 1.807) is 0 Å². The van der Waals surface area contributed by atoms with Crippen molar-refractivity contribution in [2.24, 2.45) is 0 Å². The van der Waals surface area contributed by atoms with Crippen LogP contribution in [0.25, 0.3) is 6.08 Å². The second-order valence-corrected chi connectivity index (χ2v) is 6.69. The molecule has 0 radical (unpaired) electrons. The third kappa shape index (κ3) is 6.44. The molecule has 128 valence electrons. The van der Waals surface area contributed by atoms with Crippen molar-refractivity contribution in [3.05, 3.63) is 24.0 Å². The molecule has 1 aliphatic heterocycles. The van der Waals surface area contributed by atoms with Gasteiger partial charge in [-0.2, -0.15) is 5.10 Å². The first-order chi connectivity index (χ1) is 10.9. The first-order valence-corrected chi connectivity index (χ1v) is 8.23. The number of carbonyl (C=O) groups excluding carboxylic acids is 1. The molecule has 0 aliphatic carbocycles. The molecule has 1 N–H and O–H groups in total. The van der Waals surface area contributed by atoms with Crippen molar-refractivity contribution >= 4 is 12.2 Å². The fraction of sp³-hybridized carbons (Fsp3) is 0.647. The molecule has 23 heavy (non-hydrogen) atoms. The van der Waals surface area contributed by atoms with Crippen LogP contribution in [0.1, 0.15) is 58.2 Å². The zero-order chi connectivity index (χ0) is 16.7. The SMILES string of the molecule is CC(C)(C)OC(=O)NCCC=Cc1cnn([C@@H]2CCCCO2)c1. The van der Waals surface area contributed by atoms with Crippen LogP contribution in [0.2, 0.25) is 0 Å². The zero-order valence-corrected chi connectivity index (χ0v) is 14.2. The van der Waals surface area contributed by atoms with E-state index in [0.29, 0.717) is 6.54 Å². The molecule has 0 aromatic carbocycles. The summed E-state index contributed by atoms with van der Waals surface area (Å²) in [5.41, 5.74) is 0.576. The average molecular weight is 321 g/mol. The van der Waals surface area contributed by atoms with Gasteiger partial charge < -0.3 is 14.8 Å². The normalized spacial score (nSPS) is 19.0. The molecular formula is C17H27N3O3. The first-order valence-electron chi connectivity index (χ1n) is 8.23. The van der Waals surface area contributed by atoms with Gasteiger partial charge in [0.15, 0.2) is 0 Å². The maximum atomic E-state index is 11.5. The van der Waals surface area contributed by atoms with Crippen molar-refractivity contribution < 1.29 is 14.3 Å². The van der Waals surface area contributed by atoms with E-state index in [4.69, 9.17) is 9.47 Å². The molecular weight excluding hydrogens is 294 g/mol. The summed E-state index contributed by atoms with van der Waals surface area (Å²) >= 11 is 0. The number of nitrogens with zero attached hydrogens (tertiary/aromatic N) is 2. The monoisotopic (exact) mass is 321 g/mol. The minimum Gasteiger partial charge on any atom is -0.444 e. The largest absolute Gasteiger partial charge is 0.444 e. The van der Waals surface area contributed by atoms with Crippen LogP contribution in [0.3, 0.4) is 0 Å². The Morgan fingerprint density at radius 3 is 3.04 bits per heavy atom. The Hall–Kier alpha value is -1.82. The molecule has 6 heteroatoms. The molecule has 0 spiro atoms. The molecule has 0 saturated carbocycles. The van der Waals surface area contributed by atoms with E-state index in [2.05, 4.69) is 10.4 Å². The van der Waals surface area contributed by atoms with E-state index < -0.39 is 5.60 Å². The Kier molecular flexibility index (Phi) is 6.21. The van der Waals surface area contributed by atoms with E-state index in [9.17, 15) is 4.79 Å². The zero-order valence-electron chi connectivity index (χ0n) is 14.2. The third-order valence-corrected chi connectivity index (χ3v) is 3.36. The van der Waals surface area contributed by atoms with Crippen molar-refractivity contribution in [2.45, 2.75) is 58.3 Å². The lowest BCUT2D eigenvalue weighted by Crippen LogP contribution is -2.32. The third-order valence-electron chi connectivity index (χ3n) is 3.36. The molecule has 1 fully saturated rings. The maximum Gasteiger partial charge on any atom is 0.407 e. The molecule has 1 aromatic heterocycles. The van der Waals surface area contributed by atoms with Crippen molar-refractivity contribution in [3.8, 4) is 0 Å². The van der Waals surface area contributed by atoms with Gasteiger partial charge in [-0.15, -0.1) is 0 Å². The van der Waals surface area contributed by atoms with Crippen LogP contribution in [-0.2, 0) is 9.47 Å². The summed E-state index contributed by atoms with van der Waals surface area (Å²) < 4.78 is 12.8. The minimum absolute atomic E-state index is 0.0692. The molecule has 2 heterocycles. The summed E-state index contributed by atoms with van der Waals surface area (Å²) in [6.45, 7) is 6.90. The van der Waals surface area contributed by atoms with Gasteiger partial charge in [-0.1, -0.05) is 12.2 Å². The fourth-order valence-electron chi connectivity index (χ4n) is 2.32. The molecule has 2 rings (SSSR count). The molecule has 0 unspecified atom stereocenters. The van der Waals surface area contributed by atoms with Gasteiger partial charge in [0, 0.05) is 24.9 Å². The number of hydrogen-bond acceptors (Lipinski definition) is 4. The van der Waals surface area contributed by atoms with Gasteiger partial charge in [0.05, 0.1) is 6.20 Å². The smallest absolute Gasteiger partial charge is 0.407 e. The second kappa shape index (κ2) is 8.15. The van der Waals surface area contributed by atoms with E-state index in [-0.39, 0.29) is 12.3 Å². The highest BCUT2D eigenvalue weighted by molar-refractivity contribution is 5.67. The summed E-state index contributed by atoms with van der Waals surface area (Å²) in [5.74, 6) is 0. The van der Waals surface area contributed by atoms with Crippen LogP contribution in [0, 0.1) is 0 Å². The predicted molar refractivity (Wildman–Crippen MR) is 89.0 cm³/mol. The number of hydrogen-bond donors (Lipinski definition) is 1. The summed E-state index contributed by atoms with van der Waals surface area (Å²) in [4.78, 5) is 11.5. The van der Waals surface area contributed by atoms with Crippen LogP contribution >= 0.6 is 0 Å². The molecule has 1 amide bonds. The molecule has 1 aliphatic rings. The first kappa shape index (κ1) is 17.5. The van der Waals surface area contributed by atoms with E-state index >= 15 is 0 Å². The van der Waals surface area contributed by atoms with Crippen molar-refractivity contribution in [3.63, 3.8) is 0 Å². The van der Waals surface area contributed by atoms with Crippen molar-refractivity contribution in [1.29, 1.82) is 0 Å². The van der Waals surface area contributed by atoms with Crippen LogP contribution in [0.4, 0.5) is 4.79 Å². The lowest BCUT2D eigenvalue weighted by Gasteiger charge is -2.22. The van der Waals surface area contributed by atoms with Gasteiger partial charge in [-0.3, -0.25) is 0 Å². The maximum absolute atomic E-state index is 11.5. The number of rotatable bonds is 5. The number of alkyl carbamates (subject to hydrolysis) is 1. The van der Waals surface area contributed by atoms with Gasteiger partial charge in [0.1, 0.15) is 11.8 Å². The Bertz CT molecular complexity index is 525. The van der Waals surface area contributed by atoms with Crippen LogP contribution in [0.15, 0.2) is 18.5 Å². The number of ether oxygens (including phenoxy) is 2. The number of amides is 1. The summed E-state index contributed by atoms with van der Waals surface area (Å²) in [5, 5.41) is 7.09. The molecule has 1 atom stereocenters. The number of nitrogens with one attached hydrogen (secondary N) is 1. The fourth-order valence-corrected chi connectivity index (χ4v) is 2.32. The minimum atomic E-state index is -0.463. The van der Waals surface area contributed by atoms with Crippen molar-refractivity contribution in [2.75, 3.05) is 13.2 Å². The Labute approximate surface area is 137 Å². The lowest BCUT2D eigenvalue weighted by molar-refractivity contribution is -0.0394. The molecule has 0 bridgehead atoms. The predicted octanol–water partition coefficient (Wildman–Crippen LogP) is 3.51. The summed E-state index contributed by atoms with van der Waals surface area (Å²) in [6, 6.07) is 0. The molecule has 1 saturated heterocycles. The Morgan fingerprint density at radius 2 is 2.35 bits per heavy atom. The quantitative estimate of drug-likeness (QED) is 0.843. The van der Waals surface area contributed by atoms with Gasteiger partial charge in [0.25, 0.3) is 0 Å². The molecule has 6 nitrogen and oxygen atoms in total. The summed E-state index contributed by atoms with van der Waals surface area (Å²) in [7, 11) is 0. The van der Waals surface area contributed by atoms with E-state index in [0.717, 1.165) is 31.4 Å². The average Bonchev–Trinajstić information content (AvgIpc) is 2.95. The highest BCUT2D eigenvalue weighted by Gasteiger charge is 2.16.